The minimum absolute atomic E-state index is 0.0759. The molecule has 6 nitrogen and oxygen atoms in total. The highest BCUT2D eigenvalue weighted by molar-refractivity contribution is 7.09. The Morgan fingerprint density at radius 2 is 2.04 bits per heavy atom. The Kier molecular flexibility index (Phi) is 6.95. The van der Waals surface area contributed by atoms with E-state index in [1.165, 1.54) is 0 Å². The molecule has 0 bridgehead atoms. The lowest BCUT2D eigenvalue weighted by molar-refractivity contribution is -0.121. The number of H-pyrrole nitrogens is 1. The van der Waals surface area contributed by atoms with Crippen molar-refractivity contribution in [3.05, 3.63) is 62.3 Å². The number of hydrogen-bond donors (Lipinski definition) is 2. The van der Waals surface area contributed by atoms with Gasteiger partial charge in [0.15, 0.2) is 0 Å². The lowest BCUT2D eigenvalue weighted by atomic mass is 10.1. The molecular weight excluding hydrogens is 372 g/mol. The summed E-state index contributed by atoms with van der Waals surface area (Å²) >= 11 is 1.57. The van der Waals surface area contributed by atoms with Crippen LogP contribution in [0.3, 0.4) is 0 Å². The highest BCUT2D eigenvalue weighted by Gasteiger charge is 2.09. The Morgan fingerprint density at radius 1 is 1.25 bits per heavy atom. The van der Waals surface area contributed by atoms with Gasteiger partial charge in [-0.05, 0) is 37.0 Å². The van der Waals surface area contributed by atoms with Gasteiger partial charge in [0, 0.05) is 29.4 Å². The second kappa shape index (κ2) is 9.61. The molecule has 1 amide bonds. The Labute approximate surface area is 168 Å². The molecule has 0 fully saturated rings. The van der Waals surface area contributed by atoms with Gasteiger partial charge < -0.3 is 10.3 Å². The zero-order valence-electron chi connectivity index (χ0n) is 16.3. The molecule has 1 aromatic carbocycles. The molecule has 0 saturated carbocycles. The van der Waals surface area contributed by atoms with Gasteiger partial charge in [-0.1, -0.05) is 32.0 Å². The van der Waals surface area contributed by atoms with Crippen molar-refractivity contribution in [2.24, 2.45) is 0 Å². The van der Waals surface area contributed by atoms with E-state index in [-0.39, 0.29) is 17.9 Å². The molecule has 28 heavy (non-hydrogen) atoms. The zero-order chi connectivity index (χ0) is 19.9. The van der Waals surface area contributed by atoms with Gasteiger partial charge in [0.1, 0.15) is 5.01 Å². The van der Waals surface area contributed by atoms with Gasteiger partial charge in [-0.2, -0.15) is 0 Å². The van der Waals surface area contributed by atoms with Crippen LogP contribution < -0.4 is 10.9 Å². The minimum atomic E-state index is -0.132. The van der Waals surface area contributed by atoms with Crippen LogP contribution in [0.15, 0.2) is 40.5 Å². The van der Waals surface area contributed by atoms with Crippen molar-refractivity contribution >= 4 is 28.1 Å². The van der Waals surface area contributed by atoms with Crippen molar-refractivity contribution in [1.82, 2.24) is 20.2 Å². The number of nitrogens with one attached hydrogen (secondary N) is 2. The van der Waals surface area contributed by atoms with Crippen LogP contribution in [0.25, 0.3) is 10.9 Å². The summed E-state index contributed by atoms with van der Waals surface area (Å²) in [7, 11) is 0. The number of nitrogens with zero attached hydrogens (tertiary/aromatic N) is 2. The molecule has 0 aliphatic heterocycles. The summed E-state index contributed by atoms with van der Waals surface area (Å²) in [4.78, 5) is 34.1. The third-order valence-corrected chi connectivity index (χ3v) is 5.67. The van der Waals surface area contributed by atoms with E-state index in [9.17, 15) is 9.59 Å². The molecule has 0 atom stereocenters. The molecule has 0 saturated heterocycles. The maximum atomic E-state index is 12.2. The van der Waals surface area contributed by atoms with E-state index in [2.05, 4.69) is 39.4 Å². The van der Waals surface area contributed by atoms with Crippen molar-refractivity contribution in [2.75, 3.05) is 13.1 Å². The van der Waals surface area contributed by atoms with Crippen molar-refractivity contribution in [1.29, 1.82) is 0 Å². The van der Waals surface area contributed by atoms with Gasteiger partial charge in [-0.3, -0.25) is 14.5 Å². The number of amides is 1. The van der Waals surface area contributed by atoms with Gasteiger partial charge in [-0.15, -0.1) is 11.3 Å². The summed E-state index contributed by atoms with van der Waals surface area (Å²) in [5, 5.41) is 6.83. The first-order chi connectivity index (χ1) is 13.6. The number of thiazole rings is 1. The average molecular weight is 399 g/mol. The quantitative estimate of drug-likeness (QED) is 0.581. The second-order valence-electron chi connectivity index (χ2n) is 6.68. The van der Waals surface area contributed by atoms with Crippen molar-refractivity contribution in [3.63, 3.8) is 0 Å². The normalized spacial score (nSPS) is 11.2. The summed E-state index contributed by atoms with van der Waals surface area (Å²) in [5.41, 5.74) is 2.35. The van der Waals surface area contributed by atoms with Gasteiger partial charge in [0.05, 0.1) is 12.2 Å². The molecule has 0 radical (unpaired) electrons. The largest absolute Gasteiger partial charge is 0.350 e. The molecule has 148 valence electrons. The first-order valence-electron chi connectivity index (χ1n) is 9.62. The van der Waals surface area contributed by atoms with Gasteiger partial charge in [-0.25, -0.2) is 4.98 Å². The van der Waals surface area contributed by atoms with E-state index >= 15 is 0 Å². The fraction of sp³-hybridized carbons (Fsp3) is 0.381. The number of carbonyl (C=O) groups excluding carboxylic acids is 1. The molecule has 7 heteroatoms. The van der Waals surface area contributed by atoms with Crippen molar-refractivity contribution in [3.8, 4) is 0 Å². The number of hydrogen-bond acceptors (Lipinski definition) is 5. The maximum Gasteiger partial charge on any atom is 0.251 e. The topological polar surface area (TPSA) is 78.1 Å². The van der Waals surface area contributed by atoms with E-state index in [4.69, 9.17) is 0 Å². The molecule has 0 aliphatic rings. The molecule has 2 aromatic heterocycles. The number of rotatable bonds is 9. The van der Waals surface area contributed by atoms with Crippen LogP contribution in [-0.2, 0) is 24.3 Å². The summed E-state index contributed by atoms with van der Waals surface area (Å²) in [6.45, 7) is 7.52. The van der Waals surface area contributed by atoms with Gasteiger partial charge >= 0.3 is 0 Å². The standard InChI is InChI=1S/C21H26N4O2S/c1-3-25(4-2)13-17-14-28-20(23-17)12-22-19(26)10-9-16-11-15-7-5-6-8-18(15)24-21(16)27/h5-8,11,14H,3-4,9-10,12-13H2,1-2H3,(H,22,26)(H,24,27). The predicted molar refractivity (Wildman–Crippen MR) is 113 cm³/mol. The van der Waals surface area contributed by atoms with Crippen LogP contribution in [0.2, 0.25) is 0 Å². The summed E-state index contributed by atoms with van der Waals surface area (Å²) in [6.07, 6.45) is 0.691. The second-order valence-corrected chi connectivity index (χ2v) is 7.62. The van der Waals surface area contributed by atoms with E-state index in [0.717, 1.165) is 41.2 Å². The Morgan fingerprint density at radius 3 is 2.82 bits per heavy atom. The molecule has 0 unspecified atom stereocenters. The summed E-state index contributed by atoms with van der Waals surface area (Å²) in [5.74, 6) is -0.0759. The molecule has 2 heterocycles. The van der Waals surface area contributed by atoms with Crippen LogP contribution in [0.5, 0.6) is 0 Å². The average Bonchev–Trinajstić information content (AvgIpc) is 3.16. The molecule has 0 spiro atoms. The zero-order valence-corrected chi connectivity index (χ0v) is 17.1. The van der Waals surface area contributed by atoms with E-state index in [1.807, 2.05) is 30.3 Å². The maximum absolute atomic E-state index is 12.2. The summed E-state index contributed by atoms with van der Waals surface area (Å²) in [6, 6.07) is 9.50. The van der Waals surface area contributed by atoms with Crippen LogP contribution in [0.4, 0.5) is 0 Å². The van der Waals surface area contributed by atoms with Crippen molar-refractivity contribution < 1.29 is 4.79 Å². The van der Waals surface area contributed by atoms with Gasteiger partial charge in [0.2, 0.25) is 5.91 Å². The van der Waals surface area contributed by atoms with Crippen LogP contribution in [0, 0.1) is 0 Å². The Bertz CT molecular complexity index is 991. The van der Waals surface area contributed by atoms with E-state index in [0.29, 0.717) is 18.5 Å². The highest BCUT2D eigenvalue weighted by atomic mass is 32.1. The number of para-hydroxylation sites is 1. The number of aromatic nitrogens is 2. The third-order valence-electron chi connectivity index (χ3n) is 4.77. The molecule has 0 aliphatic carbocycles. The Hall–Kier alpha value is -2.51. The first kappa shape index (κ1) is 20.2. The van der Waals surface area contributed by atoms with Gasteiger partial charge in [0.25, 0.3) is 5.56 Å². The first-order valence-corrected chi connectivity index (χ1v) is 10.5. The Balaban J connectivity index is 1.51. The number of fused-ring (bicyclic) bond motifs is 1. The SMILES string of the molecule is CCN(CC)Cc1csc(CNC(=O)CCc2cc3ccccc3[nH]c2=O)n1. The third kappa shape index (κ3) is 5.27. The predicted octanol–water partition coefficient (Wildman–Crippen LogP) is 3.08. The lowest BCUT2D eigenvalue weighted by Gasteiger charge is -2.15. The fourth-order valence-electron chi connectivity index (χ4n) is 3.07. The summed E-state index contributed by atoms with van der Waals surface area (Å²) < 4.78 is 0. The number of carbonyl (C=O) groups is 1. The lowest BCUT2D eigenvalue weighted by Crippen LogP contribution is -2.24. The molecular formula is C21H26N4O2S. The molecule has 3 aromatic rings. The minimum Gasteiger partial charge on any atom is -0.350 e. The fourth-order valence-corrected chi connectivity index (χ4v) is 3.79. The van der Waals surface area contributed by atoms with Crippen LogP contribution in [-0.4, -0.2) is 33.9 Å². The van der Waals surface area contributed by atoms with E-state index in [1.54, 1.807) is 11.3 Å². The molecule has 3 rings (SSSR count). The van der Waals surface area contributed by atoms with Crippen LogP contribution in [0.1, 0.15) is 36.5 Å². The van der Waals surface area contributed by atoms with E-state index < -0.39 is 0 Å². The number of aryl methyl sites for hydroxylation is 1. The van der Waals surface area contributed by atoms with Crippen molar-refractivity contribution in [2.45, 2.75) is 39.8 Å². The molecule has 2 N–H and O–H groups in total. The van der Waals surface area contributed by atoms with Crippen LogP contribution >= 0.6 is 11.3 Å². The number of pyridine rings is 1. The number of benzene rings is 1. The monoisotopic (exact) mass is 398 g/mol. The highest BCUT2D eigenvalue weighted by Crippen LogP contribution is 2.13. The smallest absolute Gasteiger partial charge is 0.251 e. The number of aromatic amines is 1.